The van der Waals surface area contributed by atoms with Crippen LogP contribution in [0.2, 0.25) is 0 Å². The zero-order valence-electron chi connectivity index (χ0n) is 28.7. The summed E-state index contributed by atoms with van der Waals surface area (Å²) in [5.74, 6) is 5.89. The van der Waals surface area contributed by atoms with Crippen LogP contribution in [0.3, 0.4) is 0 Å². The second-order valence-electron chi connectivity index (χ2n) is 11.2. The van der Waals surface area contributed by atoms with E-state index in [0.29, 0.717) is 43.7 Å². The topological polar surface area (TPSA) is 155 Å². The molecule has 0 aromatic heterocycles. The highest BCUT2D eigenvalue weighted by Gasteiger charge is 2.20. The maximum Gasteiger partial charge on any atom is 0.331 e. The van der Waals surface area contributed by atoms with Gasteiger partial charge in [-0.3, -0.25) is 0 Å². The smallest absolute Gasteiger partial charge is 0.331 e. The minimum absolute atomic E-state index is 0.102. The van der Waals surface area contributed by atoms with Crippen LogP contribution in [0, 0.1) is 0 Å². The Morgan fingerprint density at radius 1 is 0.604 bits per heavy atom. The van der Waals surface area contributed by atoms with Crippen LogP contribution in [0.5, 0.6) is 23.0 Å². The van der Waals surface area contributed by atoms with Crippen molar-refractivity contribution in [3.05, 3.63) is 72.8 Å². The fourth-order valence-corrected chi connectivity index (χ4v) is 12.8. The van der Waals surface area contributed by atoms with Gasteiger partial charge in [0.15, 0.2) is 0 Å². The van der Waals surface area contributed by atoms with E-state index >= 15 is 0 Å². The summed E-state index contributed by atoms with van der Waals surface area (Å²) in [5, 5.41) is 17.7. The molecule has 0 saturated carbocycles. The van der Waals surface area contributed by atoms with E-state index in [1.807, 2.05) is 47.0 Å². The molecule has 0 bridgehead atoms. The maximum absolute atomic E-state index is 12.2. The summed E-state index contributed by atoms with van der Waals surface area (Å²) in [6.07, 6.45) is 4.27. The third-order valence-electron chi connectivity index (χ3n) is 7.03. The number of benzene rings is 2. The fourth-order valence-electron chi connectivity index (χ4n) is 4.58. The van der Waals surface area contributed by atoms with Crippen molar-refractivity contribution in [2.45, 2.75) is 34.2 Å². The second kappa shape index (κ2) is 24.7. The largest absolute Gasteiger partial charge is 0.490 e. The molecule has 17 heteroatoms. The monoisotopic (exact) mass is 842 g/mol. The molecule has 2 heterocycles. The molecule has 0 radical (unpaired) electrons. The van der Waals surface area contributed by atoms with Crippen LogP contribution in [0.15, 0.2) is 72.8 Å². The van der Waals surface area contributed by atoms with Crippen LogP contribution in [-0.4, -0.2) is 115 Å². The number of carbonyl (C=O) groups is 4. The van der Waals surface area contributed by atoms with Crippen molar-refractivity contribution in [3.63, 3.8) is 0 Å². The average Bonchev–Trinajstić information content (AvgIpc) is 3.87. The molecule has 2 aliphatic heterocycles. The van der Waals surface area contributed by atoms with Gasteiger partial charge < -0.3 is 33.9 Å². The molecule has 0 amide bonds. The number of esters is 2. The highest BCUT2D eigenvalue weighted by atomic mass is 32.2. The zero-order valence-corrected chi connectivity index (χ0v) is 33.6. The summed E-state index contributed by atoms with van der Waals surface area (Å²) in [6, 6.07) is 14.0. The SMILES string of the molecule is O=C(O)/C=C/C(=O)OC(COc1ccc(Oc2ccc(OCC(CSCCC3SCCS3)OC(=O)/C=C/C(=O)O)cc2)cc1)CSCCC1SCCS1. The predicted octanol–water partition coefficient (Wildman–Crippen LogP) is 7.20. The van der Waals surface area contributed by atoms with Crippen molar-refractivity contribution in [3.8, 4) is 23.0 Å². The van der Waals surface area contributed by atoms with E-state index in [1.54, 1.807) is 72.1 Å². The van der Waals surface area contributed by atoms with Crippen molar-refractivity contribution in [2.24, 2.45) is 0 Å². The lowest BCUT2D eigenvalue weighted by molar-refractivity contribution is -0.144. The number of carboxylic acids is 2. The van der Waals surface area contributed by atoms with Crippen molar-refractivity contribution >= 4 is 94.4 Å². The molecule has 2 atom stereocenters. The van der Waals surface area contributed by atoms with E-state index in [1.165, 1.54) is 23.0 Å². The van der Waals surface area contributed by atoms with Crippen LogP contribution in [0.1, 0.15) is 12.8 Å². The first-order valence-electron chi connectivity index (χ1n) is 16.7. The molecule has 2 aliphatic rings. The molecule has 0 spiro atoms. The Morgan fingerprint density at radius 3 is 1.32 bits per heavy atom. The second-order valence-corrected chi connectivity index (χ2v) is 19.3. The quantitative estimate of drug-likeness (QED) is 0.0621. The summed E-state index contributed by atoms with van der Waals surface area (Å²) in [7, 11) is 0. The summed E-state index contributed by atoms with van der Waals surface area (Å²) in [4.78, 5) is 45.9. The zero-order chi connectivity index (χ0) is 37.7. The predicted molar refractivity (Wildman–Crippen MR) is 219 cm³/mol. The molecule has 2 fully saturated rings. The molecule has 2 aromatic rings. The number of hydrogen-bond acceptors (Lipinski definition) is 15. The Balaban J connectivity index is 1.23. The van der Waals surface area contributed by atoms with Gasteiger partial charge in [-0.2, -0.15) is 23.5 Å². The van der Waals surface area contributed by atoms with Crippen molar-refractivity contribution in [2.75, 3.05) is 59.2 Å². The summed E-state index contributed by atoms with van der Waals surface area (Å²) in [5.41, 5.74) is 0. The van der Waals surface area contributed by atoms with Gasteiger partial charge in [0.05, 0.1) is 9.16 Å². The minimum Gasteiger partial charge on any atom is -0.490 e. The maximum atomic E-state index is 12.2. The number of rotatable bonds is 24. The molecule has 0 aliphatic carbocycles. The molecule has 2 saturated heterocycles. The van der Waals surface area contributed by atoms with E-state index in [0.717, 1.165) is 48.7 Å². The van der Waals surface area contributed by atoms with Gasteiger partial charge in [-0.1, -0.05) is 0 Å². The van der Waals surface area contributed by atoms with E-state index in [9.17, 15) is 19.2 Å². The van der Waals surface area contributed by atoms with Crippen LogP contribution < -0.4 is 14.2 Å². The number of carbonyl (C=O) groups excluding carboxylic acids is 2. The first kappa shape index (κ1) is 43.0. The van der Waals surface area contributed by atoms with Crippen molar-refractivity contribution in [1.82, 2.24) is 0 Å². The lowest BCUT2D eigenvalue weighted by Crippen LogP contribution is -2.27. The standard InChI is InChI=1S/C36H42O11S6/c37-31(38)9-11-33(41)46-29(23-48-15-13-35-50-17-18-51-35)21-43-25-1-5-27(6-2-25)45-28-7-3-26(4-8-28)44-22-30(47-34(42)12-10-32(39)40)24-49-16-14-36-52-19-20-53-36/h1-12,29-30,35-36H,13-24H2,(H,37,38)(H,39,40)/b11-9+,12-10+. The van der Waals surface area contributed by atoms with Gasteiger partial charge in [0.1, 0.15) is 48.4 Å². The summed E-state index contributed by atoms with van der Waals surface area (Å²) >= 11 is 11.2. The number of hydrogen-bond donors (Lipinski definition) is 2. The minimum atomic E-state index is -1.23. The average molecular weight is 843 g/mol. The number of aliphatic carboxylic acids is 2. The molecule has 2 aromatic carbocycles. The highest BCUT2D eigenvalue weighted by molar-refractivity contribution is 8.20. The number of ether oxygens (including phenoxy) is 5. The van der Waals surface area contributed by atoms with Crippen LogP contribution in [0.4, 0.5) is 0 Å². The molecule has 4 rings (SSSR count). The Morgan fingerprint density at radius 2 is 0.962 bits per heavy atom. The number of carboxylic acid groups (broad SMARTS) is 2. The summed E-state index contributed by atoms with van der Waals surface area (Å²) in [6.45, 7) is 0.204. The van der Waals surface area contributed by atoms with Crippen LogP contribution in [0.25, 0.3) is 0 Å². The van der Waals surface area contributed by atoms with Gasteiger partial charge >= 0.3 is 23.9 Å². The third-order valence-corrected chi connectivity index (χ3v) is 15.6. The molecule has 53 heavy (non-hydrogen) atoms. The Bertz CT molecular complexity index is 1380. The number of thioether (sulfide) groups is 6. The van der Waals surface area contributed by atoms with Gasteiger partial charge in [-0.05, 0) is 72.9 Å². The normalized spacial score (nSPS) is 16.1. The highest BCUT2D eigenvalue weighted by Crippen LogP contribution is 2.36. The summed E-state index contributed by atoms with van der Waals surface area (Å²) < 4.78 is 30.0. The van der Waals surface area contributed by atoms with Crippen LogP contribution in [-0.2, 0) is 28.7 Å². The molecular weight excluding hydrogens is 801 g/mol. The molecule has 11 nitrogen and oxygen atoms in total. The third kappa shape index (κ3) is 18.5. The van der Waals surface area contributed by atoms with E-state index in [2.05, 4.69) is 0 Å². The van der Waals surface area contributed by atoms with Gasteiger partial charge in [0.2, 0.25) is 0 Å². The first-order valence-corrected chi connectivity index (χ1v) is 23.2. The first-order chi connectivity index (χ1) is 25.7. The van der Waals surface area contributed by atoms with Crippen LogP contribution >= 0.6 is 70.6 Å². The van der Waals surface area contributed by atoms with Gasteiger partial charge in [-0.15, -0.1) is 47.0 Å². The molecule has 2 unspecified atom stereocenters. The van der Waals surface area contributed by atoms with E-state index < -0.39 is 36.1 Å². The van der Waals surface area contributed by atoms with E-state index in [-0.39, 0.29) is 13.2 Å². The van der Waals surface area contributed by atoms with E-state index in [4.69, 9.17) is 33.9 Å². The molecule has 2 N–H and O–H groups in total. The van der Waals surface area contributed by atoms with Gasteiger partial charge in [0, 0.05) is 58.8 Å². The van der Waals surface area contributed by atoms with Crippen molar-refractivity contribution < 1.29 is 53.1 Å². The van der Waals surface area contributed by atoms with Crippen molar-refractivity contribution in [1.29, 1.82) is 0 Å². The molecular formula is C36H42O11S6. The van der Waals surface area contributed by atoms with Gasteiger partial charge in [0.25, 0.3) is 0 Å². The Labute approximate surface area is 334 Å². The Hall–Kier alpha value is -2.70. The molecule has 288 valence electrons. The van der Waals surface area contributed by atoms with Gasteiger partial charge in [-0.25, -0.2) is 19.2 Å². The lowest BCUT2D eigenvalue weighted by Gasteiger charge is -2.18. The lowest BCUT2D eigenvalue weighted by atomic mass is 10.3. The Kier molecular flexibility index (Phi) is 20.0. The fraction of sp³-hybridized carbons (Fsp3) is 0.444.